The van der Waals surface area contributed by atoms with Crippen LogP contribution in [0.5, 0.6) is 5.75 Å². The molecule has 3 aromatic rings. The molecule has 1 N–H and O–H groups in total. The van der Waals surface area contributed by atoms with Crippen LogP contribution in [0, 0.1) is 23.3 Å². The number of hydrogen-bond donors (Lipinski definition) is 1. The molecule has 2 heterocycles. The predicted octanol–water partition coefficient (Wildman–Crippen LogP) is 6.45. The monoisotopic (exact) mass is 655 g/mol. The molecule has 11 heteroatoms. The van der Waals surface area contributed by atoms with E-state index < -0.39 is 35.1 Å². The number of ether oxygens (including phenoxy) is 1. The van der Waals surface area contributed by atoms with Crippen LogP contribution in [0.15, 0.2) is 60.2 Å². The molecule has 1 saturated heterocycles. The van der Waals surface area contributed by atoms with E-state index in [0.717, 1.165) is 35.6 Å². The Hall–Kier alpha value is -3.89. The summed E-state index contributed by atoms with van der Waals surface area (Å²) in [5, 5.41) is 3.82. The summed E-state index contributed by atoms with van der Waals surface area (Å²) >= 11 is 6.36. The maximum Gasteiger partial charge on any atom is 0.252 e. The zero-order valence-electron chi connectivity index (χ0n) is 25.3. The van der Waals surface area contributed by atoms with Crippen molar-refractivity contribution >= 4 is 29.0 Å². The van der Waals surface area contributed by atoms with Crippen LogP contribution in [0.25, 0.3) is 5.57 Å². The van der Waals surface area contributed by atoms with E-state index in [2.05, 4.69) is 5.32 Å². The third-order valence-electron chi connectivity index (χ3n) is 8.88. The van der Waals surface area contributed by atoms with Crippen LogP contribution in [0.4, 0.5) is 17.6 Å². The van der Waals surface area contributed by atoms with E-state index in [9.17, 15) is 27.2 Å². The highest BCUT2D eigenvalue weighted by atomic mass is 35.5. The highest BCUT2D eigenvalue weighted by Gasteiger charge is 2.43. The number of piperazine rings is 1. The second kappa shape index (κ2) is 13.5. The molecule has 3 aromatic carbocycles. The topological polar surface area (TPSA) is 61.9 Å². The number of carbonyl (C=O) groups is 2. The number of aryl methyl sites for hydroxylation is 1. The molecule has 0 unspecified atom stereocenters. The van der Waals surface area contributed by atoms with Crippen molar-refractivity contribution in [2.45, 2.75) is 63.7 Å². The summed E-state index contributed by atoms with van der Waals surface area (Å²) in [4.78, 5) is 30.3. The molecule has 46 heavy (non-hydrogen) atoms. The smallest absolute Gasteiger partial charge is 0.252 e. The van der Waals surface area contributed by atoms with E-state index in [1.54, 1.807) is 15.9 Å². The van der Waals surface area contributed by atoms with Gasteiger partial charge in [-0.2, -0.15) is 4.39 Å². The van der Waals surface area contributed by atoms with Gasteiger partial charge in [-0.05, 0) is 73.1 Å². The largest absolute Gasteiger partial charge is 0.488 e. The fourth-order valence-electron chi connectivity index (χ4n) is 6.35. The van der Waals surface area contributed by atoms with Crippen molar-refractivity contribution in [3.63, 3.8) is 0 Å². The van der Waals surface area contributed by atoms with E-state index in [0.29, 0.717) is 44.0 Å². The summed E-state index contributed by atoms with van der Waals surface area (Å²) in [5.41, 5.74) is 3.56. The number of fused-ring (bicyclic) bond motifs is 2. The summed E-state index contributed by atoms with van der Waals surface area (Å²) in [6, 6.07) is 13.3. The first kappa shape index (κ1) is 32.1. The maximum absolute atomic E-state index is 14.8. The number of carbonyl (C=O) groups excluding carboxylic acids is 2. The lowest BCUT2D eigenvalue weighted by atomic mass is 9.82. The van der Waals surface area contributed by atoms with Crippen LogP contribution in [-0.4, -0.2) is 59.4 Å². The molecule has 0 radical (unpaired) electrons. The Kier molecular flexibility index (Phi) is 9.38. The van der Waals surface area contributed by atoms with Crippen molar-refractivity contribution in [2.75, 3.05) is 19.7 Å². The van der Waals surface area contributed by atoms with Gasteiger partial charge in [-0.3, -0.25) is 9.59 Å². The van der Waals surface area contributed by atoms with Gasteiger partial charge in [-0.15, -0.1) is 0 Å². The third kappa shape index (κ3) is 6.78. The SMILES string of the molecule is CC(=O)N1C[C@H]2CC(c3ccc(CCCOc4c(F)ccc(F)c4F)cc3)=C(C(=O)N(Cc3c(F)cccc3Cl)C3CC3)[C@@H](C1)N2. The first-order chi connectivity index (χ1) is 22.1. The zero-order chi connectivity index (χ0) is 32.5. The maximum atomic E-state index is 14.8. The average molecular weight is 656 g/mol. The molecular weight excluding hydrogens is 622 g/mol. The Bertz CT molecular complexity index is 1660. The Labute approximate surface area is 270 Å². The molecule has 2 fully saturated rings. The first-order valence-electron chi connectivity index (χ1n) is 15.4. The van der Waals surface area contributed by atoms with Gasteiger partial charge in [0.25, 0.3) is 5.91 Å². The van der Waals surface area contributed by atoms with Gasteiger partial charge in [0, 0.05) is 48.3 Å². The lowest BCUT2D eigenvalue weighted by Gasteiger charge is -2.44. The standard InChI is InChI=1S/C35H34ClF4N3O3/c1-20(44)42-17-23-16-25(22-9-7-21(8-10-22)4-3-15-46-34-30(39)14-13-29(38)33(34)40)32(31(19-42)41-23)35(45)43(24-11-12-24)18-26-27(36)5-2-6-28(26)37/h2,5-10,13-14,23-24,31,41H,3-4,11-12,15-19H2,1H3/t23-,31-/m1/s1. The lowest BCUT2D eigenvalue weighted by molar-refractivity contribution is -0.132. The Morgan fingerprint density at radius 1 is 0.978 bits per heavy atom. The summed E-state index contributed by atoms with van der Waals surface area (Å²) < 4.78 is 61.2. The van der Waals surface area contributed by atoms with Crippen LogP contribution in [0.1, 0.15) is 49.3 Å². The van der Waals surface area contributed by atoms with Crippen molar-refractivity contribution in [2.24, 2.45) is 0 Å². The fraction of sp³-hybridized carbons (Fsp3) is 0.371. The van der Waals surface area contributed by atoms with Crippen LogP contribution in [-0.2, 0) is 22.6 Å². The number of halogens is 5. The van der Waals surface area contributed by atoms with Crippen molar-refractivity contribution in [3.05, 3.63) is 105 Å². The van der Waals surface area contributed by atoms with Gasteiger partial charge < -0.3 is 19.9 Å². The summed E-state index contributed by atoms with van der Waals surface area (Å²) in [6.45, 7) is 2.44. The van der Waals surface area contributed by atoms with Crippen LogP contribution < -0.4 is 10.1 Å². The van der Waals surface area contributed by atoms with Crippen LogP contribution >= 0.6 is 11.6 Å². The highest BCUT2D eigenvalue weighted by molar-refractivity contribution is 6.31. The minimum Gasteiger partial charge on any atom is -0.488 e. The van der Waals surface area contributed by atoms with E-state index in [1.165, 1.54) is 19.1 Å². The van der Waals surface area contributed by atoms with E-state index in [4.69, 9.17) is 16.3 Å². The molecule has 2 atom stereocenters. The molecule has 2 amide bonds. The van der Waals surface area contributed by atoms with Gasteiger partial charge in [0.15, 0.2) is 17.4 Å². The molecule has 0 aromatic heterocycles. The Balaban J connectivity index is 1.24. The first-order valence-corrected chi connectivity index (χ1v) is 15.8. The second-order valence-corrected chi connectivity index (χ2v) is 12.5. The van der Waals surface area contributed by atoms with Crippen molar-refractivity contribution < 1.29 is 31.9 Å². The van der Waals surface area contributed by atoms with Crippen LogP contribution in [0.2, 0.25) is 5.02 Å². The third-order valence-corrected chi connectivity index (χ3v) is 9.23. The molecule has 242 valence electrons. The summed E-state index contributed by atoms with van der Waals surface area (Å²) in [7, 11) is 0. The Morgan fingerprint density at radius 2 is 1.72 bits per heavy atom. The predicted molar refractivity (Wildman–Crippen MR) is 166 cm³/mol. The number of nitrogens with zero attached hydrogens (tertiary/aromatic N) is 2. The minimum atomic E-state index is -1.35. The number of benzene rings is 3. The normalized spacial score (nSPS) is 19.3. The minimum absolute atomic E-state index is 0.00640. The average Bonchev–Trinajstić information content (AvgIpc) is 3.87. The quantitative estimate of drug-likeness (QED) is 0.155. The summed E-state index contributed by atoms with van der Waals surface area (Å²) in [6.07, 6.45) is 3.14. The molecule has 6 nitrogen and oxygen atoms in total. The van der Waals surface area contributed by atoms with Gasteiger partial charge in [-0.1, -0.05) is 41.9 Å². The number of nitrogens with one attached hydrogen (secondary N) is 1. The molecule has 1 aliphatic carbocycles. The van der Waals surface area contributed by atoms with E-state index in [1.807, 2.05) is 24.3 Å². The molecule has 2 bridgehead atoms. The Morgan fingerprint density at radius 3 is 2.41 bits per heavy atom. The summed E-state index contributed by atoms with van der Waals surface area (Å²) in [5.74, 6) is -4.93. The molecule has 1 saturated carbocycles. The van der Waals surface area contributed by atoms with Gasteiger partial charge in [0.1, 0.15) is 5.82 Å². The molecule has 3 aliphatic rings. The second-order valence-electron chi connectivity index (χ2n) is 12.1. The van der Waals surface area contributed by atoms with Gasteiger partial charge in [0.2, 0.25) is 11.7 Å². The van der Waals surface area contributed by atoms with Gasteiger partial charge >= 0.3 is 0 Å². The van der Waals surface area contributed by atoms with Crippen LogP contribution in [0.3, 0.4) is 0 Å². The zero-order valence-corrected chi connectivity index (χ0v) is 26.1. The number of rotatable bonds is 10. The molecule has 2 aliphatic heterocycles. The van der Waals surface area contributed by atoms with Crippen molar-refractivity contribution in [1.29, 1.82) is 0 Å². The van der Waals surface area contributed by atoms with E-state index in [-0.39, 0.29) is 47.6 Å². The van der Waals surface area contributed by atoms with Gasteiger partial charge in [-0.25, -0.2) is 13.2 Å². The van der Waals surface area contributed by atoms with Gasteiger partial charge in [0.05, 0.1) is 19.2 Å². The van der Waals surface area contributed by atoms with E-state index >= 15 is 0 Å². The van der Waals surface area contributed by atoms with Crippen molar-refractivity contribution in [3.8, 4) is 5.75 Å². The number of amides is 2. The van der Waals surface area contributed by atoms with Crippen molar-refractivity contribution in [1.82, 2.24) is 15.1 Å². The lowest BCUT2D eigenvalue weighted by Crippen LogP contribution is -2.61. The molecule has 0 spiro atoms. The number of hydrogen-bond acceptors (Lipinski definition) is 4. The highest BCUT2D eigenvalue weighted by Crippen LogP contribution is 2.38. The fourth-order valence-corrected chi connectivity index (χ4v) is 6.57. The molecular formula is C35H34ClF4N3O3. The molecule has 6 rings (SSSR count).